The van der Waals surface area contributed by atoms with Crippen molar-refractivity contribution in [3.63, 3.8) is 0 Å². The van der Waals surface area contributed by atoms with Crippen LogP contribution in [0.4, 0.5) is 0 Å². The summed E-state index contributed by atoms with van der Waals surface area (Å²) in [6, 6.07) is 0.142. The summed E-state index contributed by atoms with van der Waals surface area (Å²) in [5.74, 6) is 0.928. The lowest BCUT2D eigenvalue weighted by Crippen LogP contribution is -2.50. The Morgan fingerprint density at radius 2 is 2.00 bits per heavy atom. The SMILES string of the molecule is CCCNCC1CCCN(S(=O)(=O)N2CC(C)CC2C)C1. The minimum Gasteiger partial charge on any atom is -0.316 e. The molecule has 6 heteroatoms. The van der Waals surface area contributed by atoms with Crippen LogP contribution in [0.2, 0.25) is 0 Å². The quantitative estimate of drug-likeness (QED) is 0.758. The van der Waals surface area contributed by atoms with Crippen molar-refractivity contribution in [1.82, 2.24) is 13.9 Å². The fourth-order valence-corrected chi connectivity index (χ4v) is 5.66. The van der Waals surface area contributed by atoms with E-state index in [1.807, 2.05) is 6.92 Å². The smallest absolute Gasteiger partial charge is 0.282 e. The molecule has 5 nitrogen and oxygen atoms in total. The van der Waals surface area contributed by atoms with Gasteiger partial charge in [0.1, 0.15) is 0 Å². The molecule has 1 N–H and O–H groups in total. The zero-order valence-corrected chi connectivity index (χ0v) is 14.5. The molecule has 2 rings (SSSR count). The van der Waals surface area contributed by atoms with Gasteiger partial charge in [-0.1, -0.05) is 13.8 Å². The minimum absolute atomic E-state index is 0.142. The van der Waals surface area contributed by atoms with Gasteiger partial charge in [-0.15, -0.1) is 0 Å². The summed E-state index contributed by atoms with van der Waals surface area (Å²) in [7, 11) is -3.27. The highest BCUT2D eigenvalue weighted by molar-refractivity contribution is 7.86. The molecule has 3 unspecified atom stereocenters. The highest BCUT2D eigenvalue weighted by Crippen LogP contribution is 2.29. The predicted octanol–water partition coefficient (Wildman–Crippen LogP) is 1.67. The van der Waals surface area contributed by atoms with E-state index in [0.29, 0.717) is 31.5 Å². The molecule has 0 aliphatic carbocycles. The van der Waals surface area contributed by atoms with E-state index in [-0.39, 0.29) is 6.04 Å². The van der Waals surface area contributed by atoms with Crippen LogP contribution >= 0.6 is 0 Å². The van der Waals surface area contributed by atoms with Crippen LogP contribution < -0.4 is 5.32 Å². The average Bonchev–Trinajstić information content (AvgIpc) is 2.79. The highest BCUT2D eigenvalue weighted by atomic mass is 32.2. The van der Waals surface area contributed by atoms with Crippen molar-refractivity contribution in [2.75, 3.05) is 32.7 Å². The summed E-state index contributed by atoms with van der Waals surface area (Å²) < 4.78 is 29.1. The van der Waals surface area contributed by atoms with E-state index in [2.05, 4.69) is 19.2 Å². The zero-order chi connectivity index (χ0) is 15.5. The van der Waals surface area contributed by atoms with Gasteiger partial charge in [-0.05, 0) is 57.5 Å². The molecule has 0 spiro atoms. The number of rotatable bonds is 6. The van der Waals surface area contributed by atoms with Gasteiger partial charge in [0.15, 0.2) is 0 Å². The van der Waals surface area contributed by atoms with Crippen LogP contribution in [0.15, 0.2) is 0 Å². The predicted molar refractivity (Wildman–Crippen MR) is 86.3 cm³/mol. The van der Waals surface area contributed by atoms with Gasteiger partial charge < -0.3 is 5.32 Å². The highest BCUT2D eigenvalue weighted by Gasteiger charge is 2.40. The molecule has 0 aromatic heterocycles. The lowest BCUT2D eigenvalue weighted by atomic mass is 10.00. The van der Waals surface area contributed by atoms with Gasteiger partial charge >= 0.3 is 0 Å². The molecule has 0 amide bonds. The van der Waals surface area contributed by atoms with E-state index in [1.165, 1.54) is 0 Å². The summed E-state index contributed by atoms with van der Waals surface area (Å²) in [6.45, 7) is 10.3. The maximum absolute atomic E-state index is 12.9. The van der Waals surface area contributed by atoms with Crippen LogP contribution in [-0.4, -0.2) is 55.8 Å². The number of nitrogens with zero attached hydrogens (tertiary/aromatic N) is 2. The molecule has 3 atom stereocenters. The third kappa shape index (κ3) is 4.18. The summed E-state index contributed by atoms with van der Waals surface area (Å²) in [4.78, 5) is 0. The standard InChI is InChI=1S/C15H31N3O2S/c1-4-7-16-10-15-6-5-8-17(12-15)21(19,20)18-11-13(2)9-14(18)3/h13-16H,4-12H2,1-3H3. The number of piperidine rings is 1. The Kier molecular flexibility index (Phi) is 6.05. The Morgan fingerprint density at radius 1 is 1.24 bits per heavy atom. The molecule has 2 fully saturated rings. The van der Waals surface area contributed by atoms with Gasteiger partial charge in [0.2, 0.25) is 0 Å². The van der Waals surface area contributed by atoms with Crippen LogP contribution in [-0.2, 0) is 10.2 Å². The molecule has 0 bridgehead atoms. The Hall–Kier alpha value is -0.170. The molecule has 0 radical (unpaired) electrons. The largest absolute Gasteiger partial charge is 0.316 e. The zero-order valence-electron chi connectivity index (χ0n) is 13.7. The third-order valence-electron chi connectivity index (χ3n) is 4.69. The minimum atomic E-state index is -3.27. The van der Waals surface area contributed by atoms with E-state index in [4.69, 9.17) is 0 Å². The van der Waals surface area contributed by atoms with Gasteiger partial charge in [0.25, 0.3) is 10.2 Å². The maximum atomic E-state index is 12.9. The molecule has 0 saturated carbocycles. The Morgan fingerprint density at radius 3 is 2.62 bits per heavy atom. The second-order valence-electron chi connectivity index (χ2n) is 6.84. The third-order valence-corrected chi connectivity index (χ3v) is 6.78. The van der Waals surface area contributed by atoms with Crippen molar-refractivity contribution in [3.8, 4) is 0 Å². The van der Waals surface area contributed by atoms with E-state index < -0.39 is 10.2 Å². The maximum Gasteiger partial charge on any atom is 0.282 e. The topological polar surface area (TPSA) is 52.7 Å². The van der Waals surface area contributed by atoms with Crippen molar-refractivity contribution in [2.24, 2.45) is 11.8 Å². The van der Waals surface area contributed by atoms with E-state index in [1.54, 1.807) is 8.61 Å². The van der Waals surface area contributed by atoms with Gasteiger partial charge in [-0.2, -0.15) is 17.0 Å². The van der Waals surface area contributed by atoms with Crippen LogP contribution in [0, 0.1) is 11.8 Å². The number of hydrogen-bond donors (Lipinski definition) is 1. The van der Waals surface area contributed by atoms with Crippen molar-refractivity contribution < 1.29 is 8.42 Å². The summed E-state index contributed by atoms with van der Waals surface area (Å²) >= 11 is 0. The van der Waals surface area contributed by atoms with Gasteiger partial charge in [0, 0.05) is 25.7 Å². The van der Waals surface area contributed by atoms with Crippen molar-refractivity contribution in [3.05, 3.63) is 0 Å². The van der Waals surface area contributed by atoms with Crippen LogP contribution in [0.1, 0.15) is 46.5 Å². The lowest BCUT2D eigenvalue weighted by Gasteiger charge is -2.35. The van der Waals surface area contributed by atoms with Gasteiger partial charge in [0.05, 0.1) is 0 Å². The van der Waals surface area contributed by atoms with Crippen molar-refractivity contribution >= 4 is 10.2 Å². The molecular weight excluding hydrogens is 286 g/mol. The first-order chi connectivity index (χ1) is 9.95. The summed E-state index contributed by atoms with van der Waals surface area (Å²) in [6.07, 6.45) is 4.22. The molecule has 2 saturated heterocycles. The Balaban J connectivity index is 1.96. The van der Waals surface area contributed by atoms with Gasteiger partial charge in [-0.3, -0.25) is 0 Å². The molecule has 124 valence electrons. The summed E-state index contributed by atoms with van der Waals surface area (Å²) in [5.41, 5.74) is 0. The summed E-state index contributed by atoms with van der Waals surface area (Å²) in [5, 5.41) is 3.43. The normalized spacial score (nSPS) is 32.6. The molecule has 0 aromatic carbocycles. The molecular formula is C15H31N3O2S. The molecule has 0 aromatic rings. The second kappa shape index (κ2) is 7.40. The van der Waals surface area contributed by atoms with Crippen molar-refractivity contribution in [1.29, 1.82) is 0 Å². The Bertz CT molecular complexity index is 427. The first-order valence-corrected chi connectivity index (χ1v) is 9.82. The Labute approximate surface area is 130 Å². The molecule has 2 heterocycles. The molecule has 2 aliphatic rings. The van der Waals surface area contributed by atoms with E-state index in [9.17, 15) is 8.42 Å². The molecule has 2 aliphatic heterocycles. The first kappa shape index (κ1) is 17.2. The number of hydrogen-bond acceptors (Lipinski definition) is 3. The first-order valence-electron chi connectivity index (χ1n) is 8.42. The average molecular weight is 317 g/mol. The second-order valence-corrected chi connectivity index (χ2v) is 8.72. The fourth-order valence-electron chi connectivity index (χ4n) is 3.62. The van der Waals surface area contributed by atoms with E-state index >= 15 is 0 Å². The van der Waals surface area contributed by atoms with Crippen LogP contribution in [0.5, 0.6) is 0 Å². The van der Waals surface area contributed by atoms with Crippen molar-refractivity contribution in [2.45, 2.75) is 52.5 Å². The lowest BCUT2D eigenvalue weighted by molar-refractivity contribution is 0.240. The van der Waals surface area contributed by atoms with Crippen LogP contribution in [0.3, 0.4) is 0 Å². The molecule has 21 heavy (non-hydrogen) atoms. The van der Waals surface area contributed by atoms with Crippen LogP contribution in [0.25, 0.3) is 0 Å². The fraction of sp³-hybridized carbons (Fsp3) is 1.00. The monoisotopic (exact) mass is 317 g/mol. The van der Waals surface area contributed by atoms with E-state index in [0.717, 1.165) is 38.8 Å². The van der Waals surface area contributed by atoms with Gasteiger partial charge in [-0.25, -0.2) is 0 Å². The number of nitrogens with one attached hydrogen (secondary N) is 1.